The van der Waals surface area contributed by atoms with Gasteiger partial charge in [-0.1, -0.05) is 30.0 Å². The number of nitrogens with one attached hydrogen (secondary N) is 1. The fourth-order valence-electron chi connectivity index (χ4n) is 4.12. The first-order valence-electron chi connectivity index (χ1n) is 13.1. The van der Waals surface area contributed by atoms with Gasteiger partial charge in [0, 0.05) is 37.5 Å². The second-order valence-corrected chi connectivity index (χ2v) is 12.9. The minimum Gasteiger partial charge on any atom is -0.460 e. The molecule has 2 aromatic rings. The van der Waals surface area contributed by atoms with E-state index in [0.29, 0.717) is 28.4 Å². The first-order chi connectivity index (χ1) is 20.1. The highest BCUT2D eigenvalue weighted by Gasteiger charge is 2.35. The number of amides is 2. The molecule has 2 amide bonds. The van der Waals surface area contributed by atoms with E-state index in [9.17, 15) is 31.9 Å². The summed E-state index contributed by atoms with van der Waals surface area (Å²) in [7, 11) is 7.55. The van der Waals surface area contributed by atoms with Crippen molar-refractivity contribution in [2.24, 2.45) is 0 Å². The summed E-state index contributed by atoms with van der Waals surface area (Å²) in [5.74, 6) is -2.52. The summed E-state index contributed by atoms with van der Waals surface area (Å²) in [5.41, 5.74) is -0.710. The van der Waals surface area contributed by atoms with E-state index in [2.05, 4.69) is 5.32 Å². The van der Waals surface area contributed by atoms with E-state index in [0.717, 1.165) is 23.9 Å². The Balaban J connectivity index is 1.51. The third-order valence-corrected chi connectivity index (χ3v) is 8.28. The Kier molecular flexibility index (Phi) is 12.3. The minimum atomic E-state index is -4.82. The standard InChI is InChI=1S/C28H32F4N4O4S3/c1-34(2)14-19(15-35(3)4)40-25(38)7-9-33-24(37)8-10-36-26(39)23(43-27(36)41)13-20-11-18(16-42-20)17-5-6-22(29)21(12-17)28(30,31)32/h5-6,11-13,16,19H,7-10,14-15H2,1-4H3,(H,33,37). The van der Waals surface area contributed by atoms with Crippen LogP contribution in [0.5, 0.6) is 0 Å². The number of nitrogens with zero attached hydrogens (tertiary/aromatic N) is 3. The van der Waals surface area contributed by atoms with E-state index in [1.807, 2.05) is 38.0 Å². The van der Waals surface area contributed by atoms with Crippen LogP contribution in [-0.4, -0.2) is 97.3 Å². The molecule has 0 spiro atoms. The lowest BCUT2D eigenvalue weighted by Gasteiger charge is -2.24. The van der Waals surface area contributed by atoms with Crippen LogP contribution in [0.4, 0.5) is 17.6 Å². The fraction of sp³-hybridized carbons (Fsp3) is 0.429. The van der Waals surface area contributed by atoms with Crippen molar-refractivity contribution in [1.29, 1.82) is 0 Å². The number of hydrogen-bond acceptors (Lipinski definition) is 9. The zero-order valence-corrected chi connectivity index (χ0v) is 26.4. The number of esters is 1. The summed E-state index contributed by atoms with van der Waals surface area (Å²) in [5, 5.41) is 4.27. The number of hydrogen-bond donors (Lipinski definition) is 1. The SMILES string of the molecule is CN(C)CC(CN(C)C)OC(=O)CCNC(=O)CCN1C(=O)C(=Cc2cc(-c3ccc(F)c(C(F)(F)F)c3)cs2)SC1=S. The van der Waals surface area contributed by atoms with Gasteiger partial charge < -0.3 is 19.9 Å². The molecule has 1 fully saturated rings. The van der Waals surface area contributed by atoms with Crippen molar-refractivity contribution >= 4 is 63.5 Å². The number of likely N-dealkylation sites (N-methyl/N-ethyl adjacent to an activating group) is 2. The average molecular weight is 661 g/mol. The molecule has 0 atom stereocenters. The number of alkyl halides is 3. The first-order valence-corrected chi connectivity index (χ1v) is 15.2. The van der Waals surface area contributed by atoms with Gasteiger partial charge in [0.1, 0.15) is 16.2 Å². The number of benzene rings is 1. The van der Waals surface area contributed by atoms with Gasteiger partial charge in [-0.15, -0.1) is 11.3 Å². The number of thiocarbonyl (C=S) groups is 1. The topological polar surface area (TPSA) is 82.2 Å². The van der Waals surface area contributed by atoms with E-state index in [1.54, 1.807) is 17.5 Å². The Morgan fingerprint density at radius 3 is 2.40 bits per heavy atom. The van der Waals surface area contributed by atoms with Gasteiger partial charge in [-0.3, -0.25) is 19.3 Å². The summed E-state index contributed by atoms with van der Waals surface area (Å²) < 4.78 is 58.8. The van der Waals surface area contributed by atoms with Crippen molar-refractivity contribution in [2.45, 2.75) is 25.1 Å². The second-order valence-electron chi connectivity index (χ2n) is 10.2. The molecule has 0 radical (unpaired) electrons. The summed E-state index contributed by atoms with van der Waals surface area (Å²) in [6.45, 7) is 1.27. The molecule has 1 N–H and O–H groups in total. The lowest BCUT2D eigenvalue weighted by Crippen LogP contribution is -2.39. The van der Waals surface area contributed by atoms with Gasteiger partial charge in [-0.25, -0.2) is 4.39 Å². The highest BCUT2D eigenvalue weighted by Crippen LogP contribution is 2.37. The number of carbonyl (C=O) groups excluding carboxylic acids is 3. The fourth-order valence-corrected chi connectivity index (χ4v) is 6.34. The van der Waals surface area contributed by atoms with Crippen LogP contribution in [0.25, 0.3) is 17.2 Å². The lowest BCUT2D eigenvalue weighted by atomic mass is 10.0. The molecule has 43 heavy (non-hydrogen) atoms. The van der Waals surface area contributed by atoms with Gasteiger partial charge >= 0.3 is 12.1 Å². The van der Waals surface area contributed by atoms with Gasteiger partial charge in [-0.05, 0) is 69.0 Å². The Morgan fingerprint density at radius 2 is 1.77 bits per heavy atom. The molecule has 234 valence electrons. The third kappa shape index (κ3) is 10.4. The Morgan fingerprint density at radius 1 is 1.09 bits per heavy atom. The molecule has 0 unspecified atom stereocenters. The van der Waals surface area contributed by atoms with Gasteiger partial charge in [0.2, 0.25) is 5.91 Å². The quantitative estimate of drug-likeness (QED) is 0.143. The lowest BCUT2D eigenvalue weighted by molar-refractivity contribution is -0.150. The largest absolute Gasteiger partial charge is 0.460 e. The zero-order chi connectivity index (χ0) is 31.9. The van der Waals surface area contributed by atoms with Crippen molar-refractivity contribution in [3.63, 3.8) is 0 Å². The monoisotopic (exact) mass is 660 g/mol. The molecule has 0 saturated carbocycles. The second kappa shape index (κ2) is 15.2. The molecule has 1 saturated heterocycles. The molecule has 15 heteroatoms. The number of thioether (sulfide) groups is 1. The van der Waals surface area contributed by atoms with Crippen LogP contribution in [0.1, 0.15) is 23.3 Å². The number of carbonyl (C=O) groups is 3. The van der Waals surface area contributed by atoms with Crippen molar-refractivity contribution in [1.82, 2.24) is 20.0 Å². The van der Waals surface area contributed by atoms with Gasteiger partial charge in [0.15, 0.2) is 0 Å². The van der Waals surface area contributed by atoms with Crippen LogP contribution in [-0.2, 0) is 25.3 Å². The number of rotatable bonds is 13. The van der Waals surface area contributed by atoms with Crippen LogP contribution in [0.2, 0.25) is 0 Å². The summed E-state index contributed by atoms with van der Waals surface area (Å²) in [6.07, 6.45) is -3.58. The highest BCUT2D eigenvalue weighted by molar-refractivity contribution is 8.26. The van der Waals surface area contributed by atoms with Crippen molar-refractivity contribution in [2.75, 3.05) is 54.4 Å². The van der Waals surface area contributed by atoms with E-state index in [1.165, 1.54) is 22.3 Å². The maximum atomic E-state index is 13.7. The molecule has 2 heterocycles. The number of halogens is 4. The van der Waals surface area contributed by atoms with Crippen molar-refractivity contribution in [3.8, 4) is 11.1 Å². The van der Waals surface area contributed by atoms with E-state index < -0.39 is 29.4 Å². The van der Waals surface area contributed by atoms with Gasteiger partial charge in [0.25, 0.3) is 5.91 Å². The highest BCUT2D eigenvalue weighted by atomic mass is 32.2. The van der Waals surface area contributed by atoms with Crippen molar-refractivity contribution in [3.05, 3.63) is 50.8 Å². The summed E-state index contributed by atoms with van der Waals surface area (Å²) in [4.78, 5) is 43.6. The molecule has 3 rings (SSSR count). The zero-order valence-electron chi connectivity index (χ0n) is 24.0. The predicted octanol–water partition coefficient (Wildman–Crippen LogP) is 4.71. The molecule has 1 aliphatic heterocycles. The van der Waals surface area contributed by atoms with Gasteiger partial charge in [0.05, 0.1) is 16.9 Å². The first kappa shape index (κ1) is 34.6. The predicted molar refractivity (Wildman–Crippen MR) is 164 cm³/mol. The van der Waals surface area contributed by atoms with Crippen molar-refractivity contribution < 1.29 is 36.7 Å². The molecule has 1 aromatic heterocycles. The van der Waals surface area contributed by atoms with Crippen LogP contribution in [0.3, 0.4) is 0 Å². The van der Waals surface area contributed by atoms with Crippen LogP contribution >= 0.6 is 35.3 Å². The maximum Gasteiger partial charge on any atom is 0.419 e. The molecule has 8 nitrogen and oxygen atoms in total. The summed E-state index contributed by atoms with van der Waals surface area (Å²) in [6, 6.07) is 4.39. The molecular formula is C28H32F4N4O4S3. The molecule has 1 aromatic carbocycles. The molecular weight excluding hydrogens is 629 g/mol. The van der Waals surface area contributed by atoms with E-state index in [-0.39, 0.29) is 47.8 Å². The van der Waals surface area contributed by atoms with Crippen LogP contribution in [0, 0.1) is 5.82 Å². The Bertz CT molecular complexity index is 1370. The van der Waals surface area contributed by atoms with E-state index >= 15 is 0 Å². The summed E-state index contributed by atoms with van der Waals surface area (Å²) >= 11 is 7.58. The van der Waals surface area contributed by atoms with Crippen LogP contribution in [0.15, 0.2) is 34.6 Å². The maximum absolute atomic E-state index is 13.7. The normalized spacial score (nSPS) is 15.0. The van der Waals surface area contributed by atoms with E-state index in [4.69, 9.17) is 17.0 Å². The smallest absolute Gasteiger partial charge is 0.419 e. The molecule has 0 aliphatic carbocycles. The third-order valence-electron chi connectivity index (χ3n) is 6.02. The average Bonchev–Trinajstić information content (AvgIpc) is 3.45. The Labute approximate surface area is 261 Å². The molecule has 1 aliphatic rings. The van der Waals surface area contributed by atoms with Crippen LogP contribution < -0.4 is 5.32 Å². The number of thiophene rings is 1. The molecule has 0 bridgehead atoms. The number of ether oxygens (including phenoxy) is 1. The minimum absolute atomic E-state index is 0.00509. The Hall–Kier alpha value is -2.85. The van der Waals surface area contributed by atoms with Gasteiger partial charge in [-0.2, -0.15) is 13.2 Å².